The average Bonchev–Trinajstić information content (AvgIpc) is 3.31. The predicted molar refractivity (Wildman–Crippen MR) is 96.8 cm³/mol. The molecule has 1 amide bonds. The molecule has 142 valence electrons. The number of methoxy groups -OCH3 is 2. The Morgan fingerprint density at radius 1 is 1.11 bits per heavy atom. The van der Waals surface area contributed by atoms with Crippen LogP contribution in [-0.2, 0) is 11.2 Å². The summed E-state index contributed by atoms with van der Waals surface area (Å²) in [6, 6.07) is 9.09. The molecule has 0 saturated carbocycles. The SMILES string of the molecule is COc1cc2c(cc1OC)[C@@H](NC(=O)COc1ccc3c(c1)OCO3)CC2. The summed E-state index contributed by atoms with van der Waals surface area (Å²) in [5, 5.41) is 3.03. The third-order valence-electron chi connectivity index (χ3n) is 4.77. The van der Waals surface area contributed by atoms with Gasteiger partial charge in [-0.15, -0.1) is 0 Å². The van der Waals surface area contributed by atoms with Crippen LogP contribution in [-0.4, -0.2) is 33.5 Å². The number of nitrogens with one attached hydrogen (secondary N) is 1. The van der Waals surface area contributed by atoms with E-state index in [2.05, 4.69) is 5.32 Å². The number of carbonyl (C=O) groups excluding carboxylic acids is 1. The number of amides is 1. The van der Waals surface area contributed by atoms with Gasteiger partial charge in [0.2, 0.25) is 6.79 Å². The number of rotatable bonds is 6. The van der Waals surface area contributed by atoms with Gasteiger partial charge in [-0.25, -0.2) is 0 Å². The molecule has 0 spiro atoms. The molecule has 2 aromatic rings. The monoisotopic (exact) mass is 371 g/mol. The summed E-state index contributed by atoms with van der Waals surface area (Å²) in [4.78, 5) is 12.3. The second kappa shape index (κ2) is 7.26. The fourth-order valence-corrected chi connectivity index (χ4v) is 3.43. The Bertz CT molecular complexity index is 866. The highest BCUT2D eigenvalue weighted by Gasteiger charge is 2.26. The summed E-state index contributed by atoms with van der Waals surface area (Å²) in [5.74, 6) is 3.05. The van der Waals surface area contributed by atoms with Gasteiger partial charge in [-0.2, -0.15) is 0 Å². The van der Waals surface area contributed by atoms with Gasteiger partial charge in [0.15, 0.2) is 29.6 Å². The summed E-state index contributed by atoms with van der Waals surface area (Å²) in [6.45, 7) is 0.132. The summed E-state index contributed by atoms with van der Waals surface area (Å²) in [7, 11) is 3.22. The molecule has 7 heteroatoms. The van der Waals surface area contributed by atoms with Crippen molar-refractivity contribution in [1.82, 2.24) is 5.32 Å². The Balaban J connectivity index is 1.38. The smallest absolute Gasteiger partial charge is 0.258 e. The first-order valence-electron chi connectivity index (χ1n) is 8.74. The number of fused-ring (bicyclic) bond motifs is 2. The molecule has 2 aliphatic rings. The highest BCUT2D eigenvalue weighted by Crippen LogP contribution is 2.39. The second-order valence-corrected chi connectivity index (χ2v) is 6.37. The highest BCUT2D eigenvalue weighted by molar-refractivity contribution is 5.78. The van der Waals surface area contributed by atoms with Gasteiger partial charge < -0.3 is 29.0 Å². The van der Waals surface area contributed by atoms with E-state index in [0.29, 0.717) is 28.7 Å². The molecule has 1 heterocycles. The highest BCUT2D eigenvalue weighted by atomic mass is 16.7. The molecule has 1 atom stereocenters. The van der Waals surface area contributed by atoms with Gasteiger partial charge in [0.25, 0.3) is 5.91 Å². The van der Waals surface area contributed by atoms with Crippen LogP contribution in [0.4, 0.5) is 0 Å². The van der Waals surface area contributed by atoms with Crippen LogP contribution in [0.15, 0.2) is 30.3 Å². The molecule has 1 N–H and O–H groups in total. The van der Waals surface area contributed by atoms with Crippen LogP contribution in [0.2, 0.25) is 0 Å². The molecule has 0 radical (unpaired) electrons. The lowest BCUT2D eigenvalue weighted by Crippen LogP contribution is -2.31. The van der Waals surface area contributed by atoms with Crippen molar-refractivity contribution in [2.24, 2.45) is 0 Å². The maximum absolute atomic E-state index is 12.3. The van der Waals surface area contributed by atoms with Crippen LogP contribution in [0.5, 0.6) is 28.7 Å². The molecule has 1 aliphatic carbocycles. The van der Waals surface area contributed by atoms with Crippen LogP contribution in [0, 0.1) is 0 Å². The summed E-state index contributed by atoms with van der Waals surface area (Å²) < 4.78 is 26.9. The van der Waals surface area contributed by atoms with Crippen molar-refractivity contribution >= 4 is 5.91 Å². The van der Waals surface area contributed by atoms with Crippen molar-refractivity contribution in [1.29, 1.82) is 0 Å². The van der Waals surface area contributed by atoms with Crippen molar-refractivity contribution < 1.29 is 28.5 Å². The maximum atomic E-state index is 12.3. The lowest BCUT2D eigenvalue weighted by atomic mass is 10.1. The summed E-state index contributed by atoms with van der Waals surface area (Å²) >= 11 is 0. The van der Waals surface area contributed by atoms with Crippen molar-refractivity contribution in [2.45, 2.75) is 18.9 Å². The van der Waals surface area contributed by atoms with E-state index in [-0.39, 0.29) is 25.3 Å². The largest absolute Gasteiger partial charge is 0.493 e. The summed E-state index contributed by atoms with van der Waals surface area (Å²) in [5.41, 5.74) is 2.22. The van der Waals surface area contributed by atoms with Gasteiger partial charge in [-0.3, -0.25) is 4.79 Å². The minimum Gasteiger partial charge on any atom is -0.493 e. The normalized spacial score (nSPS) is 16.6. The van der Waals surface area contributed by atoms with Crippen LogP contribution < -0.4 is 29.0 Å². The number of hydrogen-bond acceptors (Lipinski definition) is 6. The lowest BCUT2D eigenvalue weighted by Gasteiger charge is -2.16. The third-order valence-corrected chi connectivity index (χ3v) is 4.77. The predicted octanol–water partition coefficient (Wildman–Crippen LogP) is 2.62. The zero-order valence-electron chi connectivity index (χ0n) is 15.2. The molecular weight excluding hydrogens is 350 g/mol. The van der Waals surface area contributed by atoms with Crippen molar-refractivity contribution in [2.75, 3.05) is 27.6 Å². The number of carbonyl (C=O) groups is 1. The Hall–Kier alpha value is -3.09. The molecule has 0 unspecified atom stereocenters. The quantitative estimate of drug-likeness (QED) is 0.841. The first-order valence-corrected chi connectivity index (χ1v) is 8.74. The molecule has 0 aromatic heterocycles. The van der Waals surface area contributed by atoms with E-state index in [1.807, 2.05) is 12.1 Å². The van der Waals surface area contributed by atoms with Crippen LogP contribution in [0.3, 0.4) is 0 Å². The third kappa shape index (κ3) is 3.45. The Labute approximate surface area is 157 Å². The number of ether oxygens (including phenoxy) is 5. The van der Waals surface area contributed by atoms with Gasteiger partial charge in [0, 0.05) is 6.07 Å². The van der Waals surface area contributed by atoms with E-state index >= 15 is 0 Å². The molecule has 4 rings (SSSR count). The van der Waals surface area contributed by atoms with Crippen molar-refractivity contribution in [3.63, 3.8) is 0 Å². The van der Waals surface area contributed by atoms with Gasteiger partial charge in [-0.1, -0.05) is 0 Å². The second-order valence-electron chi connectivity index (χ2n) is 6.37. The van der Waals surface area contributed by atoms with Gasteiger partial charge in [-0.05, 0) is 48.2 Å². The number of aryl methyl sites for hydroxylation is 1. The van der Waals surface area contributed by atoms with Gasteiger partial charge in [0.05, 0.1) is 20.3 Å². The van der Waals surface area contributed by atoms with E-state index in [9.17, 15) is 4.79 Å². The molecule has 0 bridgehead atoms. The Morgan fingerprint density at radius 2 is 1.89 bits per heavy atom. The van der Waals surface area contributed by atoms with Crippen molar-refractivity contribution in [3.05, 3.63) is 41.5 Å². The van der Waals surface area contributed by atoms with Gasteiger partial charge in [0.1, 0.15) is 5.75 Å². The minimum absolute atomic E-state index is 0.0624. The van der Waals surface area contributed by atoms with Gasteiger partial charge >= 0.3 is 0 Å². The lowest BCUT2D eigenvalue weighted by molar-refractivity contribution is -0.123. The molecule has 0 saturated heterocycles. The standard InChI is InChI=1S/C20H21NO6/c1-23-17-7-12-3-5-15(14(12)9-18(17)24-2)21-20(22)10-25-13-4-6-16-19(8-13)27-11-26-16/h4,6-9,15H,3,5,10-11H2,1-2H3,(H,21,22)/t15-/m0/s1. The Morgan fingerprint density at radius 3 is 2.70 bits per heavy atom. The first kappa shape index (κ1) is 17.3. The molecular formula is C20H21NO6. The summed E-state index contributed by atoms with van der Waals surface area (Å²) in [6.07, 6.45) is 1.71. The van der Waals surface area contributed by atoms with E-state index in [0.717, 1.165) is 24.0 Å². The van der Waals surface area contributed by atoms with E-state index in [4.69, 9.17) is 23.7 Å². The average molecular weight is 371 g/mol. The van der Waals surface area contributed by atoms with Crippen molar-refractivity contribution in [3.8, 4) is 28.7 Å². The number of hydrogen-bond donors (Lipinski definition) is 1. The zero-order chi connectivity index (χ0) is 18.8. The minimum atomic E-state index is -0.180. The first-order chi connectivity index (χ1) is 13.2. The zero-order valence-corrected chi connectivity index (χ0v) is 15.2. The molecule has 0 fully saturated rings. The molecule has 1 aliphatic heterocycles. The molecule has 7 nitrogen and oxygen atoms in total. The Kier molecular flexibility index (Phi) is 4.66. The van der Waals surface area contributed by atoms with Crippen LogP contribution >= 0.6 is 0 Å². The van der Waals surface area contributed by atoms with Crippen LogP contribution in [0.1, 0.15) is 23.6 Å². The molecule has 27 heavy (non-hydrogen) atoms. The van der Waals surface area contributed by atoms with E-state index < -0.39 is 0 Å². The van der Waals surface area contributed by atoms with Crippen LogP contribution in [0.25, 0.3) is 0 Å². The fourth-order valence-electron chi connectivity index (χ4n) is 3.43. The maximum Gasteiger partial charge on any atom is 0.258 e. The fraction of sp³-hybridized carbons (Fsp3) is 0.350. The molecule has 2 aromatic carbocycles. The van der Waals surface area contributed by atoms with E-state index in [1.165, 1.54) is 0 Å². The topological polar surface area (TPSA) is 75.3 Å². The number of benzene rings is 2. The van der Waals surface area contributed by atoms with E-state index in [1.54, 1.807) is 32.4 Å².